The molecule has 21 heavy (non-hydrogen) atoms. The molecule has 0 aromatic heterocycles. The molecule has 1 saturated heterocycles. The van der Waals surface area contributed by atoms with Crippen molar-refractivity contribution in [3.63, 3.8) is 0 Å². The van der Waals surface area contributed by atoms with E-state index >= 15 is 0 Å². The van der Waals surface area contributed by atoms with Crippen LogP contribution in [0, 0.1) is 0 Å². The van der Waals surface area contributed by atoms with Gasteiger partial charge in [-0.05, 0) is 50.6 Å². The highest BCUT2D eigenvalue weighted by Crippen LogP contribution is 2.45. The molecule has 2 aliphatic heterocycles. The second-order valence-corrected chi connectivity index (χ2v) is 6.01. The van der Waals surface area contributed by atoms with Gasteiger partial charge in [0.25, 0.3) is 0 Å². The molecule has 4 heteroatoms. The van der Waals surface area contributed by atoms with Gasteiger partial charge in [-0.15, -0.1) is 0 Å². The van der Waals surface area contributed by atoms with Crippen LogP contribution >= 0.6 is 0 Å². The lowest BCUT2D eigenvalue weighted by Crippen LogP contribution is -2.49. The summed E-state index contributed by atoms with van der Waals surface area (Å²) in [5.74, 6) is 1.86. The first kappa shape index (κ1) is 14.7. The SMILES string of the molecule is CCCOc1ccc2c(c1)C(OC)CC1(CCNCC1)O2. The molecule has 1 aromatic rings. The predicted octanol–water partition coefficient (Wildman–Crippen LogP) is 3.07. The molecule has 1 unspecified atom stereocenters. The number of fused-ring (bicyclic) bond motifs is 1. The van der Waals surface area contributed by atoms with Gasteiger partial charge in [0, 0.05) is 19.1 Å². The summed E-state index contributed by atoms with van der Waals surface area (Å²) in [6, 6.07) is 6.11. The highest BCUT2D eigenvalue weighted by atomic mass is 16.5. The van der Waals surface area contributed by atoms with E-state index < -0.39 is 0 Å². The Morgan fingerprint density at radius 2 is 2.14 bits per heavy atom. The molecular formula is C17H25NO3. The van der Waals surface area contributed by atoms with E-state index in [2.05, 4.69) is 18.3 Å². The lowest BCUT2D eigenvalue weighted by atomic mass is 9.82. The Morgan fingerprint density at radius 1 is 1.33 bits per heavy atom. The molecule has 0 radical (unpaired) electrons. The minimum Gasteiger partial charge on any atom is -0.494 e. The van der Waals surface area contributed by atoms with Crippen molar-refractivity contribution in [1.29, 1.82) is 0 Å². The second kappa shape index (κ2) is 6.24. The molecule has 1 aromatic carbocycles. The summed E-state index contributed by atoms with van der Waals surface area (Å²) in [5.41, 5.74) is 1.06. The zero-order chi connectivity index (χ0) is 14.7. The van der Waals surface area contributed by atoms with Crippen molar-refractivity contribution in [3.05, 3.63) is 23.8 Å². The van der Waals surface area contributed by atoms with Crippen LogP contribution in [-0.4, -0.2) is 32.4 Å². The number of piperidine rings is 1. The maximum atomic E-state index is 6.38. The fourth-order valence-electron chi connectivity index (χ4n) is 3.30. The summed E-state index contributed by atoms with van der Waals surface area (Å²) < 4.78 is 17.9. The van der Waals surface area contributed by atoms with Gasteiger partial charge in [-0.25, -0.2) is 0 Å². The first-order valence-electron chi connectivity index (χ1n) is 7.95. The number of hydrogen-bond acceptors (Lipinski definition) is 4. The van der Waals surface area contributed by atoms with Gasteiger partial charge in [0.2, 0.25) is 0 Å². The molecule has 0 aliphatic carbocycles. The lowest BCUT2D eigenvalue weighted by Gasteiger charge is -2.44. The monoisotopic (exact) mass is 291 g/mol. The van der Waals surface area contributed by atoms with E-state index in [9.17, 15) is 0 Å². The minimum atomic E-state index is -0.0648. The molecular weight excluding hydrogens is 266 g/mol. The van der Waals surface area contributed by atoms with Crippen LogP contribution in [0.25, 0.3) is 0 Å². The molecule has 1 fully saturated rings. The van der Waals surface area contributed by atoms with Crippen molar-refractivity contribution in [1.82, 2.24) is 5.32 Å². The van der Waals surface area contributed by atoms with Crippen molar-refractivity contribution >= 4 is 0 Å². The van der Waals surface area contributed by atoms with E-state index in [4.69, 9.17) is 14.2 Å². The molecule has 0 bridgehead atoms. The lowest BCUT2D eigenvalue weighted by molar-refractivity contribution is -0.0480. The summed E-state index contributed by atoms with van der Waals surface area (Å²) in [7, 11) is 1.79. The van der Waals surface area contributed by atoms with Crippen LogP contribution in [-0.2, 0) is 4.74 Å². The molecule has 2 aliphatic rings. The van der Waals surface area contributed by atoms with E-state index in [1.54, 1.807) is 7.11 Å². The summed E-state index contributed by atoms with van der Waals surface area (Å²) in [6.07, 6.45) is 4.12. The Labute approximate surface area is 126 Å². The molecule has 2 heterocycles. The zero-order valence-electron chi connectivity index (χ0n) is 13.0. The Bertz CT molecular complexity index is 483. The van der Waals surface area contributed by atoms with E-state index in [0.29, 0.717) is 0 Å². The standard InChI is InChI=1S/C17H25NO3/c1-3-10-20-13-4-5-15-14(11-13)16(19-2)12-17(21-15)6-8-18-9-7-17/h4-5,11,16,18H,3,6-10,12H2,1-2H3. The van der Waals surface area contributed by atoms with Gasteiger partial charge < -0.3 is 19.5 Å². The molecule has 116 valence electrons. The summed E-state index contributed by atoms with van der Waals surface area (Å²) >= 11 is 0. The number of hydrogen-bond donors (Lipinski definition) is 1. The van der Waals surface area contributed by atoms with E-state index in [0.717, 1.165) is 62.4 Å². The Morgan fingerprint density at radius 3 is 2.86 bits per heavy atom. The van der Waals surface area contributed by atoms with Gasteiger partial charge in [0.1, 0.15) is 17.1 Å². The van der Waals surface area contributed by atoms with E-state index in [1.807, 2.05) is 12.1 Å². The molecule has 1 N–H and O–H groups in total. The van der Waals surface area contributed by atoms with Crippen LogP contribution in [0.4, 0.5) is 0 Å². The number of rotatable bonds is 4. The fourth-order valence-corrected chi connectivity index (χ4v) is 3.30. The van der Waals surface area contributed by atoms with Crippen LogP contribution in [0.15, 0.2) is 18.2 Å². The Hall–Kier alpha value is -1.26. The summed E-state index contributed by atoms with van der Waals surface area (Å²) in [4.78, 5) is 0. The Balaban J connectivity index is 1.85. The quantitative estimate of drug-likeness (QED) is 0.925. The second-order valence-electron chi connectivity index (χ2n) is 6.01. The molecule has 1 atom stereocenters. The van der Waals surface area contributed by atoms with Crippen LogP contribution in [0.5, 0.6) is 11.5 Å². The topological polar surface area (TPSA) is 39.7 Å². The number of ether oxygens (including phenoxy) is 3. The maximum Gasteiger partial charge on any atom is 0.126 e. The molecule has 0 amide bonds. The number of methoxy groups -OCH3 is 1. The Kier molecular flexibility index (Phi) is 4.36. The highest BCUT2D eigenvalue weighted by molar-refractivity contribution is 5.44. The smallest absolute Gasteiger partial charge is 0.126 e. The van der Waals surface area contributed by atoms with Crippen molar-refractivity contribution in [2.75, 3.05) is 26.8 Å². The molecule has 1 spiro atoms. The first-order valence-corrected chi connectivity index (χ1v) is 7.95. The van der Waals surface area contributed by atoms with Crippen LogP contribution in [0.1, 0.15) is 44.3 Å². The maximum absolute atomic E-state index is 6.38. The number of nitrogens with one attached hydrogen (secondary N) is 1. The van der Waals surface area contributed by atoms with Crippen molar-refractivity contribution < 1.29 is 14.2 Å². The van der Waals surface area contributed by atoms with Crippen LogP contribution in [0.3, 0.4) is 0 Å². The predicted molar refractivity (Wildman–Crippen MR) is 82.1 cm³/mol. The number of benzene rings is 1. The third kappa shape index (κ3) is 3.01. The zero-order valence-corrected chi connectivity index (χ0v) is 13.0. The van der Waals surface area contributed by atoms with Gasteiger partial charge in [-0.1, -0.05) is 6.92 Å². The highest BCUT2D eigenvalue weighted by Gasteiger charge is 2.42. The first-order chi connectivity index (χ1) is 10.3. The normalized spacial score (nSPS) is 23.4. The largest absolute Gasteiger partial charge is 0.494 e. The average molecular weight is 291 g/mol. The summed E-state index contributed by atoms with van der Waals surface area (Å²) in [6.45, 7) is 4.89. The van der Waals surface area contributed by atoms with E-state index in [1.165, 1.54) is 0 Å². The van der Waals surface area contributed by atoms with Gasteiger partial charge >= 0.3 is 0 Å². The van der Waals surface area contributed by atoms with Gasteiger partial charge in [-0.3, -0.25) is 0 Å². The van der Waals surface area contributed by atoms with Gasteiger partial charge in [0.15, 0.2) is 0 Å². The molecule has 4 nitrogen and oxygen atoms in total. The van der Waals surface area contributed by atoms with Crippen LogP contribution < -0.4 is 14.8 Å². The molecule has 3 rings (SSSR count). The van der Waals surface area contributed by atoms with Crippen molar-refractivity contribution in [2.45, 2.75) is 44.3 Å². The molecule has 0 saturated carbocycles. The van der Waals surface area contributed by atoms with Crippen LogP contribution in [0.2, 0.25) is 0 Å². The van der Waals surface area contributed by atoms with Gasteiger partial charge in [0.05, 0.1) is 12.7 Å². The van der Waals surface area contributed by atoms with Crippen molar-refractivity contribution in [2.24, 2.45) is 0 Å². The third-order valence-corrected chi connectivity index (χ3v) is 4.48. The third-order valence-electron chi connectivity index (χ3n) is 4.48. The van der Waals surface area contributed by atoms with E-state index in [-0.39, 0.29) is 11.7 Å². The average Bonchev–Trinajstić information content (AvgIpc) is 2.53. The van der Waals surface area contributed by atoms with Crippen molar-refractivity contribution in [3.8, 4) is 11.5 Å². The fraction of sp³-hybridized carbons (Fsp3) is 0.647. The van der Waals surface area contributed by atoms with Gasteiger partial charge in [-0.2, -0.15) is 0 Å². The minimum absolute atomic E-state index is 0.0648. The summed E-state index contributed by atoms with van der Waals surface area (Å²) in [5, 5.41) is 3.40.